The molecule has 24 heavy (non-hydrogen) atoms. The summed E-state index contributed by atoms with van der Waals surface area (Å²) in [4.78, 5) is 11.6. The predicted molar refractivity (Wildman–Crippen MR) is 98.3 cm³/mol. The lowest BCUT2D eigenvalue weighted by Crippen LogP contribution is -2.61. The number of anilines is 1. The van der Waals surface area contributed by atoms with Crippen LogP contribution in [-0.2, 0) is 4.74 Å². The molecule has 1 aromatic heterocycles. The lowest BCUT2D eigenvalue weighted by atomic mass is 9.75. The molecular weight excluding hydrogens is 368 g/mol. The molecule has 4 aliphatic heterocycles. The summed E-state index contributed by atoms with van der Waals surface area (Å²) in [6.45, 7) is 4.18. The number of benzene rings is 1. The molecule has 0 unspecified atom stereocenters. The quantitative estimate of drug-likeness (QED) is 0.816. The Morgan fingerprint density at radius 2 is 2.08 bits per heavy atom. The van der Waals surface area contributed by atoms with Gasteiger partial charge in [-0.3, -0.25) is 10.2 Å². The summed E-state index contributed by atoms with van der Waals surface area (Å²) in [5.41, 5.74) is -0.112. The summed E-state index contributed by atoms with van der Waals surface area (Å²) < 4.78 is 7.37. The van der Waals surface area contributed by atoms with Crippen molar-refractivity contribution in [1.82, 2.24) is 9.88 Å². The minimum Gasteiger partial charge on any atom is -0.455 e. The summed E-state index contributed by atoms with van der Waals surface area (Å²) in [6.07, 6.45) is 4.33. The minimum atomic E-state index is -0.112. The topological polar surface area (TPSA) is 49.8 Å². The number of hydrogen-bond donors (Lipinski definition) is 1. The van der Waals surface area contributed by atoms with E-state index in [1.54, 1.807) is 0 Å². The van der Waals surface area contributed by atoms with Crippen LogP contribution < -0.4 is 5.32 Å². The lowest BCUT2D eigenvalue weighted by molar-refractivity contribution is -0.0829. The van der Waals surface area contributed by atoms with E-state index >= 15 is 0 Å². The Morgan fingerprint density at radius 3 is 2.88 bits per heavy atom. The van der Waals surface area contributed by atoms with E-state index in [0.29, 0.717) is 11.9 Å². The molecule has 2 aromatic rings. The molecule has 3 fully saturated rings. The number of nitrogens with one attached hydrogen (secondary N) is 1. The van der Waals surface area contributed by atoms with Crippen LogP contribution in [0.15, 0.2) is 39.9 Å². The first-order valence-electron chi connectivity index (χ1n) is 8.48. The van der Waals surface area contributed by atoms with Gasteiger partial charge in [0.25, 0.3) is 6.02 Å². The number of aromatic nitrogens is 1. The summed E-state index contributed by atoms with van der Waals surface area (Å²) in [5, 5.41) is 5.52. The van der Waals surface area contributed by atoms with E-state index in [2.05, 4.69) is 48.3 Å². The highest BCUT2D eigenvalue weighted by molar-refractivity contribution is 9.10. The monoisotopic (exact) mass is 386 g/mol. The smallest absolute Gasteiger partial charge is 0.291 e. The van der Waals surface area contributed by atoms with Crippen molar-refractivity contribution in [1.29, 1.82) is 0 Å². The Bertz CT molecular complexity index is 831. The van der Waals surface area contributed by atoms with Gasteiger partial charge >= 0.3 is 0 Å². The van der Waals surface area contributed by atoms with Gasteiger partial charge in [-0.25, -0.2) is 9.98 Å². The van der Waals surface area contributed by atoms with Crippen LogP contribution in [0.1, 0.15) is 12.8 Å². The molecule has 6 heteroatoms. The van der Waals surface area contributed by atoms with Crippen molar-refractivity contribution in [3.05, 3.63) is 34.9 Å². The van der Waals surface area contributed by atoms with Gasteiger partial charge in [-0.2, -0.15) is 0 Å². The molecule has 1 N–H and O–H groups in total. The SMILES string of the molecule is Brc1ccc2cnc(NC3=NC[C@@]4(CN5CCC4CC5)O3)cc2c1. The molecule has 5 heterocycles. The first-order chi connectivity index (χ1) is 11.7. The highest BCUT2D eigenvalue weighted by atomic mass is 79.9. The third kappa shape index (κ3) is 2.40. The largest absolute Gasteiger partial charge is 0.455 e. The van der Waals surface area contributed by atoms with Gasteiger partial charge in [-0.05, 0) is 49.5 Å². The van der Waals surface area contributed by atoms with Crippen molar-refractivity contribution in [2.24, 2.45) is 10.9 Å². The Morgan fingerprint density at radius 1 is 1.21 bits per heavy atom. The average molecular weight is 387 g/mol. The van der Waals surface area contributed by atoms with Gasteiger partial charge in [-0.15, -0.1) is 0 Å². The zero-order chi connectivity index (χ0) is 16.1. The number of halogens is 1. The molecule has 0 aliphatic carbocycles. The van der Waals surface area contributed by atoms with Crippen LogP contribution in [0.2, 0.25) is 0 Å². The van der Waals surface area contributed by atoms with Crippen molar-refractivity contribution in [3.8, 4) is 0 Å². The molecule has 0 amide bonds. The number of rotatable bonds is 1. The second kappa shape index (κ2) is 5.43. The Labute approximate surface area is 149 Å². The second-order valence-electron chi connectivity index (χ2n) is 7.02. The van der Waals surface area contributed by atoms with E-state index in [9.17, 15) is 0 Å². The number of amidine groups is 1. The number of hydrogen-bond acceptors (Lipinski definition) is 5. The number of nitrogens with zero attached hydrogens (tertiary/aromatic N) is 3. The van der Waals surface area contributed by atoms with E-state index in [1.807, 2.05) is 18.3 Å². The first-order valence-corrected chi connectivity index (χ1v) is 9.28. The third-order valence-corrected chi connectivity index (χ3v) is 6.03. The van der Waals surface area contributed by atoms with E-state index in [0.717, 1.165) is 34.2 Å². The maximum atomic E-state index is 6.31. The molecule has 124 valence electrons. The van der Waals surface area contributed by atoms with E-state index < -0.39 is 0 Å². The molecule has 2 bridgehead atoms. The standard InChI is InChI=1S/C18H19BrN4O/c19-15-2-1-12-9-20-16(8-13(12)7-15)22-17-21-10-18(24-17)11-23-5-3-14(18)4-6-23/h1-2,7-9,14H,3-6,10-11H2,(H,20,21,22)/t18-/m0/s1. The zero-order valence-electron chi connectivity index (χ0n) is 13.3. The van der Waals surface area contributed by atoms with Gasteiger partial charge < -0.3 is 4.74 Å². The van der Waals surface area contributed by atoms with Crippen LogP contribution in [0.3, 0.4) is 0 Å². The molecule has 1 atom stereocenters. The summed E-state index contributed by atoms with van der Waals surface area (Å²) in [5.74, 6) is 1.41. The number of ether oxygens (including phenoxy) is 1. The first kappa shape index (κ1) is 14.7. The third-order valence-electron chi connectivity index (χ3n) is 5.53. The van der Waals surface area contributed by atoms with Gasteiger partial charge in [0.05, 0.1) is 6.54 Å². The normalized spacial score (nSPS) is 31.3. The molecule has 4 aliphatic rings. The van der Waals surface area contributed by atoms with Crippen molar-refractivity contribution < 1.29 is 4.74 Å². The predicted octanol–water partition coefficient (Wildman–Crippen LogP) is 3.26. The van der Waals surface area contributed by atoms with Crippen LogP contribution in [0.5, 0.6) is 0 Å². The van der Waals surface area contributed by atoms with Crippen molar-refractivity contribution in [3.63, 3.8) is 0 Å². The molecule has 1 aromatic carbocycles. The fraction of sp³-hybridized carbons (Fsp3) is 0.444. The maximum absolute atomic E-state index is 6.31. The molecule has 0 radical (unpaired) electrons. The molecular formula is C18H19BrN4O. The average Bonchev–Trinajstić information content (AvgIpc) is 2.97. The van der Waals surface area contributed by atoms with E-state index in [1.165, 1.54) is 25.9 Å². The lowest BCUT2D eigenvalue weighted by Gasteiger charge is -2.50. The van der Waals surface area contributed by atoms with Crippen molar-refractivity contribution in [2.45, 2.75) is 18.4 Å². The van der Waals surface area contributed by atoms with Crippen LogP contribution in [0.25, 0.3) is 10.8 Å². The fourth-order valence-corrected chi connectivity index (χ4v) is 4.62. The minimum absolute atomic E-state index is 0.112. The van der Waals surface area contributed by atoms with Crippen LogP contribution >= 0.6 is 15.9 Å². The second-order valence-corrected chi connectivity index (χ2v) is 7.94. The zero-order valence-corrected chi connectivity index (χ0v) is 14.9. The Hall–Kier alpha value is -1.66. The van der Waals surface area contributed by atoms with Crippen molar-refractivity contribution in [2.75, 3.05) is 31.5 Å². The van der Waals surface area contributed by atoms with Gasteiger partial charge in [0.2, 0.25) is 0 Å². The molecule has 5 nitrogen and oxygen atoms in total. The van der Waals surface area contributed by atoms with Gasteiger partial charge in [-0.1, -0.05) is 22.0 Å². The number of pyridine rings is 1. The van der Waals surface area contributed by atoms with Crippen molar-refractivity contribution >= 4 is 38.5 Å². The summed E-state index contributed by atoms with van der Waals surface area (Å²) in [7, 11) is 0. The van der Waals surface area contributed by atoms with Gasteiger partial charge in [0.15, 0.2) is 0 Å². The Kier molecular flexibility index (Phi) is 3.31. The maximum Gasteiger partial charge on any atom is 0.291 e. The number of fused-ring (bicyclic) bond motifs is 3. The van der Waals surface area contributed by atoms with Crippen LogP contribution in [0, 0.1) is 5.92 Å². The summed E-state index contributed by atoms with van der Waals surface area (Å²) in [6, 6.07) is 8.83. The van der Waals surface area contributed by atoms with Gasteiger partial charge in [0, 0.05) is 28.5 Å². The van der Waals surface area contributed by atoms with Crippen LogP contribution in [-0.4, -0.2) is 47.7 Å². The Balaban J connectivity index is 1.35. The number of piperidine rings is 3. The van der Waals surface area contributed by atoms with Crippen LogP contribution in [0.4, 0.5) is 5.82 Å². The van der Waals surface area contributed by atoms with Gasteiger partial charge in [0.1, 0.15) is 11.4 Å². The highest BCUT2D eigenvalue weighted by Crippen LogP contribution is 2.40. The summed E-state index contributed by atoms with van der Waals surface area (Å²) >= 11 is 3.52. The molecule has 0 saturated carbocycles. The molecule has 1 spiro atoms. The van der Waals surface area contributed by atoms with E-state index in [4.69, 9.17) is 4.74 Å². The molecule has 6 rings (SSSR count). The number of aliphatic imine (C=N–C) groups is 1. The van der Waals surface area contributed by atoms with E-state index in [-0.39, 0.29) is 5.60 Å². The highest BCUT2D eigenvalue weighted by Gasteiger charge is 2.51. The molecule has 3 saturated heterocycles. The fourth-order valence-electron chi connectivity index (χ4n) is 4.24.